The van der Waals surface area contributed by atoms with Crippen LogP contribution in [0.15, 0.2) is 23.4 Å². The van der Waals surface area contributed by atoms with Gasteiger partial charge < -0.3 is 0 Å². The number of rotatable bonds is 2. The van der Waals surface area contributed by atoms with Crippen LogP contribution in [0.1, 0.15) is 26.7 Å². The Morgan fingerprint density at radius 1 is 1.29 bits per heavy atom. The molecule has 2 rings (SSSR count). The topological polar surface area (TPSA) is 27.7 Å². The van der Waals surface area contributed by atoms with Crippen molar-refractivity contribution < 1.29 is 14.2 Å². The average molecular weight is 301 g/mol. The predicted molar refractivity (Wildman–Crippen MR) is 67.8 cm³/mol. The molecule has 0 saturated carbocycles. The summed E-state index contributed by atoms with van der Waals surface area (Å²) < 4.78 is 18.0. The third kappa shape index (κ3) is 2.29. The summed E-state index contributed by atoms with van der Waals surface area (Å²) in [4.78, 5) is 0. The van der Waals surface area contributed by atoms with Gasteiger partial charge in [0.05, 0.1) is 0 Å². The fourth-order valence-electron chi connectivity index (χ4n) is 2.22. The van der Waals surface area contributed by atoms with Gasteiger partial charge in [0.1, 0.15) is 0 Å². The summed E-state index contributed by atoms with van der Waals surface area (Å²) in [6.45, 7) is 4.16. The van der Waals surface area contributed by atoms with Crippen molar-refractivity contribution in [2.45, 2.75) is 32.3 Å². The molecule has 2 aliphatic rings. The molecule has 17 heavy (non-hydrogen) atoms. The maximum absolute atomic E-state index is 6.04. The molecule has 3 nitrogen and oxygen atoms in total. The molecule has 0 bridgehead atoms. The standard InChI is InChI=1S/C13H18O3Se/c1-13(2)12(17)6-8-5-10(14-3)11(15-4)7-9(8)16-13/h7-8H,5-6H2,1-4H3. The Kier molecular flexibility index (Phi) is 3.37. The van der Waals surface area contributed by atoms with Crippen molar-refractivity contribution in [3.05, 3.63) is 23.4 Å². The van der Waals surface area contributed by atoms with Gasteiger partial charge in [-0.1, -0.05) is 0 Å². The minimum absolute atomic E-state index is 0.230. The quantitative estimate of drug-likeness (QED) is 0.730. The molecule has 0 aromatic heterocycles. The predicted octanol–water partition coefficient (Wildman–Crippen LogP) is 1.93. The van der Waals surface area contributed by atoms with Crippen LogP contribution >= 0.6 is 0 Å². The first-order chi connectivity index (χ1) is 7.97. The van der Waals surface area contributed by atoms with E-state index in [1.807, 2.05) is 6.08 Å². The third-order valence-electron chi connectivity index (χ3n) is 3.32. The Morgan fingerprint density at radius 3 is 2.59 bits per heavy atom. The van der Waals surface area contributed by atoms with E-state index in [9.17, 15) is 0 Å². The van der Waals surface area contributed by atoms with E-state index in [0.29, 0.717) is 5.92 Å². The summed E-state index contributed by atoms with van der Waals surface area (Å²) in [5, 5.41) is 0. The average Bonchev–Trinajstić information content (AvgIpc) is 2.28. The van der Waals surface area contributed by atoms with Gasteiger partial charge in [0.15, 0.2) is 0 Å². The second-order valence-electron chi connectivity index (χ2n) is 4.88. The molecular weight excluding hydrogens is 283 g/mol. The minimum atomic E-state index is -0.230. The second-order valence-corrected chi connectivity index (χ2v) is 5.92. The zero-order valence-corrected chi connectivity index (χ0v) is 12.4. The van der Waals surface area contributed by atoms with E-state index < -0.39 is 0 Å². The molecule has 0 aromatic carbocycles. The van der Waals surface area contributed by atoms with Gasteiger partial charge in [-0.25, -0.2) is 0 Å². The van der Waals surface area contributed by atoms with Gasteiger partial charge in [-0.15, -0.1) is 0 Å². The number of hydrogen-bond acceptors (Lipinski definition) is 3. The molecule has 1 heterocycles. The Labute approximate surface area is 110 Å². The number of methoxy groups -OCH3 is 2. The molecule has 1 unspecified atom stereocenters. The van der Waals surface area contributed by atoms with Crippen LogP contribution in [-0.2, 0) is 14.2 Å². The first-order valence-electron chi connectivity index (χ1n) is 5.73. The van der Waals surface area contributed by atoms with Crippen LogP contribution < -0.4 is 0 Å². The molecular formula is C13H18O3Se. The third-order valence-corrected chi connectivity index (χ3v) is 4.71. The molecule has 1 aliphatic carbocycles. The molecule has 0 spiro atoms. The van der Waals surface area contributed by atoms with Crippen LogP contribution in [0.5, 0.6) is 0 Å². The van der Waals surface area contributed by atoms with Crippen LogP contribution in [0.25, 0.3) is 0 Å². The van der Waals surface area contributed by atoms with Gasteiger partial charge in [-0.3, -0.25) is 0 Å². The fourth-order valence-corrected chi connectivity index (χ4v) is 2.73. The molecule has 1 atom stereocenters. The van der Waals surface area contributed by atoms with Gasteiger partial charge in [0, 0.05) is 0 Å². The van der Waals surface area contributed by atoms with Crippen LogP contribution in [0, 0.1) is 5.92 Å². The van der Waals surface area contributed by atoms with Gasteiger partial charge in [-0.2, -0.15) is 0 Å². The van der Waals surface area contributed by atoms with Gasteiger partial charge in [-0.05, 0) is 0 Å². The first kappa shape index (κ1) is 12.7. The fraction of sp³-hybridized carbons (Fsp3) is 0.615. The summed E-state index contributed by atoms with van der Waals surface area (Å²) >= 11 is 3.14. The summed E-state index contributed by atoms with van der Waals surface area (Å²) in [6.07, 6.45) is 3.80. The number of ether oxygens (including phenoxy) is 3. The van der Waals surface area contributed by atoms with Crippen molar-refractivity contribution in [2.75, 3.05) is 14.2 Å². The van der Waals surface area contributed by atoms with Crippen molar-refractivity contribution in [1.29, 1.82) is 0 Å². The van der Waals surface area contributed by atoms with E-state index >= 15 is 0 Å². The Hall–Kier alpha value is -0.731. The maximum atomic E-state index is 6.04. The van der Waals surface area contributed by atoms with E-state index in [2.05, 4.69) is 29.4 Å². The van der Waals surface area contributed by atoms with Crippen molar-refractivity contribution in [2.24, 2.45) is 5.92 Å². The van der Waals surface area contributed by atoms with E-state index in [-0.39, 0.29) is 5.60 Å². The van der Waals surface area contributed by atoms with E-state index in [1.165, 1.54) is 4.42 Å². The molecule has 1 aliphatic heterocycles. The molecule has 1 fully saturated rings. The number of hydrogen-bond donors (Lipinski definition) is 0. The Morgan fingerprint density at radius 2 is 2.00 bits per heavy atom. The van der Waals surface area contributed by atoms with Crippen molar-refractivity contribution in [3.63, 3.8) is 0 Å². The van der Waals surface area contributed by atoms with Crippen LogP contribution in [-0.4, -0.2) is 39.8 Å². The Bertz CT molecular complexity index is 407. The van der Waals surface area contributed by atoms with Crippen molar-refractivity contribution in [3.8, 4) is 0 Å². The molecule has 0 amide bonds. The van der Waals surface area contributed by atoms with Gasteiger partial charge >= 0.3 is 110 Å². The summed E-state index contributed by atoms with van der Waals surface area (Å²) in [7, 11) is 3.34. The molecule has 0 aromatic rings. The summed E-state index contributed by atoms with van der Waals surface area (Å²) in [6, 6.07) is 0. The molecule has 94 valence electrons. The van der Waals surface area contributed by atoms with Gasteiger partial charge in [0.25, 0.3) is 0 Å². The van der Waals surface area contributed by atoms with Crippen LogP contribution in [0.4, 0.5) is 0 Å². The molecule has 4 heteroatoms. The Balaban J connectivity index is 2.31. The number of allylic oxidation sites excluding steroid dienone is 3. The second kappa shape index (κ2) is 4.51. The van der Waals surface area contributed by atoms with Crippen molar-refractivity contribution in [1.82, 2.24) is 0 Å². The molecule has 0 N–H and O–H groups in total. The zero-order chi connectivity index (χ0) is 12.6. The summed E-state index contributed by atoms with van der Waals surface area (Å²) in [5.74, 6) is 3.05. The zero-order valence-electron chi connectivity index (χ0n) is 10.7. The SMILES string of the molecule is COC1=C(OC)CC2CC(=[Se])C(C)(C)OC2=C1. The normalized spacial score (nSPS) is 26.9. The van der Waals surface area contributed by atoms with E-state index in [0.717, 1.165) is 30.1 Å². The number of fused-ring (bicyclic) bond motifs is 1. The van der Waals surface area contributed by atoms with E-state index in [4.69, 9.17) is 14.2 Å². The van der Waals surface area contributed by atoms with Crippen molar-refractivity contribution >= 4 is 20.0 Å². The monoisotopic (exact) mass is 302 g/mol. The van der Waals surface area contributed by atoms with E-state index in [1.54, 1.807) is 14.2 Å². The van der Waals surface area contributed by atoms with Gasteiger partial charge in [0.2, 0.25) is 0 Å². The van der Waals surface area contributed by atoms with Crippen LogP contribution in [0.3, 0.4) is 0 Å². The van der Waals surface area contributed by atoms with Crippen LogP contribution in [0.2, 0.25) is 0 Å². The molecule has 1 saturated heterocycles. The molecule has 0 radical (unpaired) electrons. The summed E-state index contributed by atoms with van der Waals surface area (Å²) in [5.41, 5.74) is -0.230. The first-order valence-corrected chi connectivity index (χ1v) is 6.58.